The number of carboxylic acids is 1. The van der Waals surface area contributed by atoms with Crippen LogP contribution >= 0.6 is 0 Å². The van der Waals surface area contributed by atoms with E-state index in [-0.39, 0.29) is 25.2 Å². The Morgan fingerprint density at radius 1 is 0.938 bits per heavy atom. The molecular formula is C21H31N5O6. The Bertz CT molecular complexity index is 814. The molecule has 0 fully saturated rings. The zero-order valence-corrected chi connectivity index (χ0v) is 18.2. The zero-order chi connectivity index (χ0) is 24.3. The van der Waals surface area contributed by atoms with Crippen LogP contribution in [0.4, 0.5) is 0 Å². The first-order valence-electron chi connectivity index (χ1n) is 10.2. The van der Waals surface area contributed by atoms with Gasteiger partial charge in [-0.2, -0.15) is 0 Å². The van der Waals surface area contributed by atoms with E-state index in [9.17, 15) is 24.0 Å². The Hall–Kier alpha value is -3.47. The number of nitrogens with one attached hydrogen (secondary N) is 3. The van der Waals surface area contributed by atoms with Gasteiger partial charge in [0.15, 0.2) is 0 Å². The molecule has 0 heterocycles. The van der Waals surface area contributed by atoms with Crippen molar-refractivity contribution in [2.45, 2.75) is 51.2 Å². The molecule has 11 nitrogen and oxygen atoms in total. The van der Waals surface area contributed by atoms with Crippen molar-refractivity contribution in [3.8, 4) is 0 Å². The largest absolute Gasteiger partial charge is 0.480 e. The van der Waals surface area contributed by atoms with Crippen LogP contribution in [0.3, 0.4) is 0 Å². The maximum atomic E-state index is 13.0. The van der Waals surface area contributed by atoms with Gasteiger partial charge in [0.25, 0.3) is 0 Å². The fraction of sp³-hybridized carbons (Fsp3) is 0.476. The van der Waals surface area contributed by atoms with Crippen molar-refractivity contribution in [3.05, 3.63) is 35.9 Å². The molecule has 0 bridgehead atoms. The summed E-state index contributed by atoms with van der Waals surface area (Å²) >= 11 is 0. The molecule has 1 aromatic carbocycles. The molecule has 11 heteroatoms. The third kappa shape index (κ3) is 10.0. The molecule has 0 aromatic heterocycles. The number of amides is 4. The fourth-order valence-electron chi connectivity index (χ4n) is 2.91. The Labute approximate surface area is 186 Å². The van der Waals surface area contributed by atoms with Gasteiger partial charge in [-0.15, -0.1) is 0 Å². The fourth-order valence-corrected chi connectivity index (χ4v) is 2.91. The van der Waals surface area contributed by atoms with Crippen LogP contribution in [0.5, 0.6) is 0 Å². The van der Waals surface area contributed by atoms with Crippen molar-refractivity contribution in [2.75, 3.05) is 6.54 Å². The average Bonchev–Trinajstić information content (AvgIpc) is 2.70. The van der Waals surface area contributed by atoms with Crippen LogP contribution in [0.1, 0.15) is 32.3 Å². The first-order chi connectivity index (χ1) is 15.0. The molecule has 0 aliphatic carbocycles. The molecule has 1 rings (SSSR count). The van der Waals surface area contributed by atoms with E-state index in [0.717, 1.165) is 5.56 Å². The van der Waals surface area contributed by atoms with Crippen molar-refractivity contribution in [1.82, 2.24) is 16.0 Å². The molecule has 0 spiro atoms. The first kappa shape index (κ1) is 26.6. The van der Waals surface area contributed by atoms with Crippen LogP contribution in [-0.2, 0) is 30.4 Å². The molecule has 32 heavy (non-hydrogen) atoms. The summed E-state index contributed by atoms with van der Waals surface area (Å²) in [5.74, 6) is -4.00. The lowest BCUT2D eigenvalue weighted by molar-refractivity contribution is -0.138. The van der Waals surface area contributed by atoms with Crippen LogP contribution < -0.4 is 27.4 Å². The number of carbonyl (C=O) groups excluding carboxylic acids is 4. The van der Waals surface area contributed by atoms with Crippen molar-refractivity contribution in [3.63, 3.8) is 0 Å². The molecule has 1 aromatic rings. The minimum Gasteiger partial charge on any atom is -0.480 e. The summed E-state index contributed by atoms with van der Waals surface area (Å²) in [4.78, 5) is 59.6. The van der Waals surface area contributed by atoms with Crippen LogP contribution in [0.15, 0.2) is 30.3 Å². The Morgan fingerprint density at radius 2 is 1.53 bits per heavy atom. The highest BCUT2D eigenvalue weighted by molar-refractivity contribution is 5.94. The van der Waals surface area contributed by atoms with E-state index in [4.69, 9.17) is 16.6 Å². The number of hydrogen-bond acceptors (Lipinski definition) is 6. The molecule has 0 saturated heterocycles. The second-order valence-electron chi connectivity index (χ2n) is 7.83. The SMILES string of the molecule is CC(C)CC(NC(=O)C(Cc1ccccc1)NC(=O)C(N)CC(N)=O)C(=O)NCC(=O)O. The Morgan fingerprint density at radius 3 is 2.06 bits per heavy atom. The van der Waals surface area contributed by atoms with Crippen molar-refractivity contribution in [1.29, 1.82) is 0 Å². The normalized spacial score (nSPS) is 13.5. The van der Waals surface area contributed by atoms with E-state index in [1.165, 1.54) is 0 Å². The number of carbonyl (C=O) groups is 5. The maximum absolute atomic E-state index is 13.0. The Balaban J connectivity index is 3.01. The van der Waals surface area contributed by atoms with Gasteiger partial charge in [-0.1, -0.05) is 44.2 Å². The van der Waals surface area contributed by atoms with Gasteiger partial charge in [0.2, 0.25) is 23.6 Å². The molecule has 3 unspecified atom stereocenters. The maximum Gasteiger partial charge on any atom is 0.322 e. The topological polar surface area (TPSA) is 194 Å². The summed E-state index contributed by atoms with van der Waals surface area (Å²) in [6, 6.07) is 5.54. The summed E-state index contributed by atoms with van der Waals surface area (Å²) in [7, 11) is 0. The minimum atomic E-state index is -1.23. The molecule has 8 N–H and O–H groups in total. The zero-order valence-electron chi connectivity index (χ0n) is 18.2. The third-order valence-electron chi connectivity index (χ3n) is 4.43. The van der Waals surface area contributed by atoms with Crippen LogP contribution in [0, 0.1) is 5.92 Å². The standard InChI is InChI=1S/C21H31N5O6/c1-12(2)8-15(20(31)24-11-18(28)29)26-21(32)16(9-13-6-4-3-5-7-13)25-19(30)14(22)10-17(23)27/h3-7,12,14-16H,8-11,22H2,1-2H3,(H2,23,27)(H,24,31)(H,25,30)(H,26,32)(H,28,29). The number of aliphatic carboxylic acids is 1. The van der Waals surface area contributed by atoms with E-state index in [0.29, 0.717) is 0 Å². The first-order valence-corrected chi connectivity index (χ1v) is 10.2. The predicted octanol–water partition coefficient (Wildman–Crippen LogP) is -1.35. The van der Waals surface area contributed by atoms with E-state index in [2.05, 4.69) is 16.0 Å². The van der Waals surface area contributed by atoms with E-state index < -0.39 is 54.3 Å². The molecule has 0 radical (unpaired) electrons. The van der Waals surface area contributed by atoms with E-state index in [1.807, 2.05) is 13.8 Å². The second-order valence-corrected chi connectivity index (χ2v) is 7.83. The number of nitrogens with two attached hydrogens (primary N) is 2. The number of carboxylic acid groups (broad SMARTS) is 1. The molecule has 3 atom stereocenters. The van der Waals surface area contributed by atoms with Crippen LogP contribution in [-0.4, -0.2) is 59.4 Å². The summed E-state index contributed by atoms with van der Waals surface area (Å²) in [6.07, 6.45) is -0.0314. The van der Waals surface area contributed by atoms with Gasteiger partial charge in [0.05, 0.1) is 12.5 Å². The van der Waals surface area contributed by atoms with Crippen molar-refractivity contribution >= 4 is 29.6 Å². The molecule has 0 aliphatic heterocycles. The molecule has 0 aliphatic rings. The van der Waals surface area contributed by atoms with E-state index in [1.54, 1.807) is 30.3 Å². The number of rotatable bonds is 13. The lowest BCUT2D eigenvalue weighted by atomic mass is 10.0. The summed E-state index contributed by atoms with van der Waals surface area (Å²) in [6.45, 7) is 3.10. The summed E-state index contributed by atoms with van der Waals surface area (Å²) < 4.78 is 0. The van der Waals surface area contributed by atoms with Gasteiger partial charge in [0.1, 0.15) is 18.6 Å². The molecule has 4 amide bonds. The monoisotopic (exact) mass is 449 g/mol. The Kier molecular flexibility index (Phi) is 10.8. The lowest BCUT2D eigenvalue weighted by Gasteiger charge is -2.25. The van der Waals surface area contributed by atoms with Gasteiger partial charge in [-0.3, -0.25) is 24.0 Å². The smallest absolute Gasteiger partial charge is 0.322 e. The lowest BCUT2D eigenvalue weighted by Crippen LogP contribution is -2.57. The summed E-state index contributed by atoms with van der Waals surface area (Å²) in [5, 5.41) is 16.1. The van der Waals surface area contributed by atoms with Crippen LogP contribution in [0.2, 0.25) is 0 Å². The van der Waals surface area contributed by atoms with Gasteiger partial charge in [-0.25, -0.2) is 0 Å². The van der Waals surface area contributed by atoms with Gasteiger partial charge in [0, 0.05) is 6.42 Å². The highest BCUT2D eigenvalue weighted by Crippen LogP contribution is 2.08. The minimum absolute atomic E-state index is 0.0158. The van der Waals surface area contributed by atoms with Gasteiger partial charge in [-0.05, 0) is 17.9 Å². The number of benzene rings is 1. The van der Waals surface area contributed by atoms with E-state index >= 15 is 0 Å². The van der Waals surface area contributed by atoms with Crippen molar-refractivity contribution < 1.29 is 29.1 Å². The van der Waals surface area contributed by atoms with Gasteiger partial charge < -0.3 is 32.5 Å². The second kappa shape index (κ2) is 13.1. The van der Waals surface area contributed by atoms with Gasteiger partial charge >= 0.3 is 5.97 Å². The summed E-state index contributed by atoms with van der Waals surface area (Å²) in [5.41, 5.74) is 11.5. The van der Waals surface area contributed by atoms with Crippen molar-refractivity contribution in [2.24, 2.45) is 17.4 Å². The quantitative estimate of drug-likeness (QED) is 0.214. The predicted molar refractivity (Wildman–Crippen MR) is 116 cm³/mol. The molecular weight excluding hydrogens is 418 g/mol. The highest BCUT2D eigenvalue weighted by atomic mass is 16.4. The van der Waals surface area contributed by atoms with Crippen LogP contribution in [0.25, 0.3) is 0 Å². The molecule has 0 saturated carbocycles. The molecule has 176 valence electrons. The average molecular weight is 450 g/mol. The number of hydrogen-bond donors (Lipinski definition) is 6. The third-order valence-corrected chi connectivity index (χ3v) is 4.43. The highest BCUT2D eigenvalue weighted by Gasteiger charge is 2.29. The number of primary amides is 1.